The van der Waals surface area contributed by atoms with Crippen LogP contribution in [0.3, 0.4) is 0 Å². The summed E-state index contributed by atoms with van der Waals surface area (Å²) in [6, 6.07) is 2.48. The monoisotopic (exact) mass is 311 g/mol. The Hall–Kier alpha value is -2.28. The van der Waals surface area contributed by atoms with Gasteiger partial charge in [0.05, 0.1) is 11.9 Å². The fourth-order valence-corrected chi connectivity index (χ4v) is 3.22. The third kappa shape index (κ3) is 2.96. The quantitative estimate of drug-likeness (QED) is 0.822. The molecular formula is C16H21N7. The minimum atomic E-state index is 0.621. The molecule has 0 aromatic carbocycles. The maximum Gasteiger partial charge on any atom is 0.225 e. The molecule has 0 N–H and O–H groups in total. The van der Waals surface area contributed by atoms with Crippen LogP contribution >= 0.6 is 0 Å². The van der Waals surface area contributed by atoms with Crippen molar-refractivity contribution in [1.29, 1.82) is 0 Å². The van der Waals surface area contributed by atoms with Crippen molar-refractivity contribution in [3.8, 4) is 0 Å². The summed E-state index contributed by atoms with van der Waals surface area (Å²) in [4.78, 5) is 24.6. The van der Waals surface area contributed by atoms with E-state index in [4.69, 9.17) is 0 Å². The minimum Gasteiger partial charge on any atom is -0.352 e. The molecule has 0 aliphatic carbocycles. The molecule has 2 aliphatic heterocycles. The standard InChI is InChI=1S/C16H21N7/c1-13-9-17-10-15(20-13)23-11-14(12-23)21-5-7-22(8-6-21)16-18-3-2-4-19-16/h2-4,9-10,14H,5-8,11-12H2,1H3. The summed E-state index contributed by atoms with van der Waals surface area (Å²) in [5.74, 6) is 1.84. The second kappa shape index (κ2) is 6.08. The Balaban J connectivity index is 1.29. The lowest BCUT2D eigenvalue weighted by molar-refractivity contribution is 0.156. The maximum absolute atomic E-state index is 4.55. The van der Waals surface area contributed by atoms with E-state index < -0.39 is 0 Å². The van der Waals surface area contributed by atoms with Gasteiger partial charge in [0.15, 0.2) is 0 Å². The summed E-state index contributed by atoms with van der Waals surface area (Å²) in [7, 11) is 0. The molecule has 7 heteroatoms. The normalized spacial score (nSPS) is 19.7. The number of aryl methyl sites for hydroxylation is 1. The van der Waals surface area contributed by atoms with Crippen molar-refractivity contribution in [3.63, 3.8) is 0 Å². The first-order chi connectivity index (χ1) is 11.3. The summed E-state index contributed by atoms with van der Waals surface area (Å²) >= 11 is 0. The highest BCUT2D eigenvalue weighted by Crippen LogP contribution is 2.23. The van der Waals surface area contributed by atoms with Gasteiger partial charge < -0.3 is 9.80 Å². The Morgan fingerprint density at radius 3 is 2.39 bits per heavy atom. The predicted octanol–water partition coefficient (Wildman–Crippen LogP) is 0.586. The Morgan fingerprint density at radius 2 is 1.70 bits per heavy atom. The average molecular weight is 311 g/mol. The van der Waals surface area contributed by atoms with Gasteiger partial charge in [0.25, 0.3) is 0 Å². The van der Waals surface area contributed by atoms with Gasteiger partial charge in [-0.25, -0.2) is 15.0 Å². The minimum absolute atomic E-state index is 0.621. The maximum atomic E-state index is 4.55. The van der Waals surface area contributed by atoms with Crippen molar-refractivity contribution in [3.05, 3.63) is 36.5 Å². The van der Waals surface area contributed by atoms with Crippen molar-refractivity contribution in [2.24, 2.45) is 0 Å². The Morgan fingerprint density at radius 1 is 0.957 bits per heavy atom. The number of nitrogens with zero attached hydrogens (tertiary/aromatic N) is 7. The molecule has 4 rings (SSSR count). The average Bonchev–Trinajstić information content (AvgIpc) is 2.55. The van der Waals surface area contributed by atoms with Crippen LogP contribution in [0.2, 0.25) is 0 Å². The fraction of sp³-hybridized carbons (Fsp3) is 0.500. The van der Waals surface area contributed by atoms with E-state index in [1.54, 1.807) is 18.6 Å². The molecule has 0 unspecified atom stereocenters. The number of rotatable bonds is 3. The van der Waals surface area contributed by atoms with E-state index in [2.05, 4.69) is 34.6 Å². The van der Waals surface area contributed by atoms with Crippen molar-refractivity contribution in [2.45, 2.75) is 13.0 Å². The van der Waals surface area contributed by atoms with Crippen molar-refractivity contribution < 1.29 is 0 Å². The molecule has 2 aromatic heterocycles. The van der Waals surface area contributed by atoms with Crippen molar-refractivity contribution in [1.82, 2.24) is 24.8 Å². The highest BCUT2D eigenvalue weighted by atomic mass is 15.4. The number of hydrogen-bond acceptors (Lipinski definition) is 7. The largest absolute Gasteiger partial charge is 0.352 e. The van der Waals surface area contributed by atoms with Gasteiger partial charge in [0.2, 0.25) is 5.95 Å². The van der Waals surface area contributed by atoms with Crippen LogP contribution in [0.25, 0.3) is 0 Å². The van der Waals surface area contributed by atoms with Gasteiger partial charge in [-0.15, -0.1) is 0 Å². The van der Waals surface area contributed by atoms with Gasteiger partial charge in [0.1, 0.15) is 5.82 Å². The third-order valence-corrected chi connectivity index (χ3v) is 4.59. The van der Waals surface area contributed by atoms with Gasteiger partial charge in [-0.3, -0.25) is 9.88 Å². The van der Waals surface area contributed by atoms with Crippen LogP contribution in [0.5, 0.6) is 0 Å². The van der Waals surface area contributed by atoms with Gasteiger partial charge in [0, 0.05) is 63.9 Å². The van der Waals surface area contributed by atoms with E-state index in [0.717, 1.165) is 56.7 Å². The zero-order valence-corrected chi connectivity index (χ0v) is 13.3. The second-order valence-corrected chi connectivity index (χ2v) is 6.15. The Labute approximate surface area is 136 Å². The zero-order chi connectivity index (χ0) is 15.6. The first-order valence-corrected chi connectivity index (χ1v) is 8.09. The van der Waals surface area contributed by atoms with Crippen LogP contribution in [0.4, 0.5) is 11.8 Å². The van der Waals surface area contributed by atoms with Crippen molar-refractivity contribution in [2.75, 3.05) is 49.1 Å². The molecule has 120 valence electrons. The first kappa shape index (κ1) is 14.3. The van der Waals surface area contributed by atoms with Crippen LogP contribution < -0.4 is 9.80 Å². The third-order valence-electron chi connectivity index (χ3n) is 4.59. The van der Waals surface area contributed by atoms with E-state index >= 15 is 0 Å². The molecule has 0 bridgehead atoms. The molecule has 2 aliphatic rings. The van der Waals surface area contributed by atoms with E-state index in [-0.39, 0.29) is 0 Å². The summed E-state index contributed by atoms with van der Waals surface area (Å²) < 4.78 is 0. The molecule has 2 fully saturated rings. The second-order valence-electron chi connectivity index (χ2n) is 6.15. The lowest BCUT2D eigenvalue weighted by Gasteiger charge is -2.48. The fourth-order valence-electron chi connectivity index (χ4n) is 3.22. The Kier molecular flexibility index (Phi) is 3.78. The number of aromatic nitrogens is 4. The highest BCUT2D eigenvalue weighted by Gasteiger charge is 2.34. The molecule has 0 spiro atoms. The van der Waals surface area contributed by atoms with E-state index in [0.29, 0.717) is 6.04 Å². The van der Waals surface area contributed by atoms with Crippen LogP contribution in [0.1, 0.15) is 5.69 Å². The molecule has 4 heterocycles. The molecule has 0 saturated carbocycles. The molecule has 0 atom stereocenters. The topological polar surface area (TPSA) is 61.3 Å². The van der Waals surface area contributed by atoms with Crippen molar-refractivity contribution >= 4 is 11.8 Å². The predicted molar refractivity (Wildman–Crippen MR) is 88.6 cm³/mol. The van der Waals surface area contributed by atoms with Crippen LogP contribution in [0.15, 0.2) is 30.9 Å². The van der Waals surface area contributed by atoms with Gasteiger partial charge >= 0.3 is 0 Å². The summed E-state index contributed by atoms with van der Waals surface area (Å²) in [5.41, 5.74) is 0.974. The van der Waals surface area contributed by atoms with E-state index in [9.17, 15) is 0 Å². The molecule has 7 nitrogen and oxygen atoms in total. The summed E-state index contributed by atoms with van der Waals surface area (Å²) in [5, 5.41) is 0. The van der Waals surface area contributed by atoms with Crippen LogP contribution in [-0.2, 0) is 0 Å². The van der Waals surface area contributed by atoms with Gasteiger partial charge in [-0.2, -0.15) is 0 Å². The lowest BCUT2D eigenvalue weighted by atomic mass is 10.1. The first-order valence-electron chi connectivity index (χ1n) is 8.09. The molecule has 0 amide bonds. The molecule has 0 radical (unpaired) electrons. The van der Waals surface area contributed by atoms with E-state index in [1.165, 1.54) is 0 Å². The van der Waals surface area contributed by atoms with Crippen LogP contribution in [0, 0.1) is 6.92 Å². The summed E-state index contributed by atoms with van der Waals surface area (Å²) in [6.45, 7) is 8.18. The Bertz CT molecular complexity index is 648. The number of piperazine rings is 1. The zero-order valence-electron chi connectivity index (χ0n) is 13.3. The van der Waals surface area contributed by atoms with Gasteiger partial charge in [-0.1, -0.05) is 0 Å². The smallest absolute Gasteiger partial charge is 0.225 e. The SMILES string of the molecule is Cc1cncc(N2CC(N3CCN(c4ncccn4)CC3)C2)n1. The van der Waals surface area contributed by atoms with E-state index in [1.807, 2.05) is 19.2 Å². The molecule has 2 saturated heterocycles. The van der Waals surface area contributed by atoms with Gasteiger partial charge in [-0.05, 0) is 13.0 Å². The number of hydrogen-bond donors (Lipinski definition) is 0. The molecule has 23 heavy (non-hydrogen) atoms. The lowest BCUT2D eigenvalue weighted by Crippen LogP contribution is -2.63. The molecule has 2 aromatic rings. The highest BCUT2D eigenvalue weighted by molar-refractivity contribution is 5.41. The molecular weight excluding hydrogens is 290 g/mol. The number of anilines is 2. The van der Waals surface area contributed by atoms with Crippen LogP contribution in [-0.4, -0.2) is 70.1 Å². The summed E-state index contributed by atoms with van der Waals surface area (Å²) in [6.07, 6.45) is 7.27.